The van der Waals surface area contributed by atoms with Crippen molar-refractivity contribution >= 4 is 17.5 Å². The number of halogens is 1. The first-order chi connectivity index (χ1) is 11.7. The first-order valence-corrected chi connectivity index (χ1v) is 8.66. The number of aliphatic hydroxyl groups is 1. The first kappa shape index (κ1) is 17.0. The number of carbonyl (C=O) groups excluding carboxylic acids is 1. The average Bonchev–Trinajstić information content (AvgIpc) is 3.03. The number of carbonyl (C=O) groups is 1. The molecule has 5 nitrogen and oxygen atoms in total. The van der Waals surface area contributed by atoms with Crippen LogP contribution in [-0.2, 0) is 0 Å². The number of rotatable bonds is 4. The molecular formula is C18H21ClN2O3. The van der Waals surface area contributed by atoms with E-state index in [0.717, 1.165) is 25.7 Å². The number of furan rings is 1. The Morgan fingerprint density at radius 3 is 3.04 bits per heavy atom. The zero-order valence-corrected chi connectivity index (χ0v) is 14.2. The third-order valence-corrected chi connectivity index (χ3v) is 4.81. The molecule has 0 spiro atoms. The number of likely N-dealkylation sites (tertiary alicyclic amines) is 1. The van der Waals surface area contributed by atoms with Crippen LogP contribution in [0.4, 0.5) is 0 Å². The number of amides is 1. The summed E-state index contributed by atoms with van der Waals surface area (Å²) in [5.74, 6) is 0.439. The van der Waals surface area contributed by atoms with Crippen LogP contribution in [0.3, 0.4) is 0 Å². The molecule has 0 saturated carbocycles. The molecule has 3 heterocycles. The fourth-order valence-corrected chi connectivity index (χ4v) is 3.45. The molecule has 1 aliphatic rings. The summed E-state index contributed by atoms with van der Waals surface area (Å²) >= 11 is 6.14. The summed E-state index contributed by atoms with van der Waals surface area (Å²) in [6.07, 6.45) is 8.31. The molecule has 2 aromatic rings. The lowest BCUT2D eigenvalue weighted by Gasteiger charge is -2.31. The fourth-order valence-electron chi connectivity index (χ4n) is 3.25. The highest BCUT2D eigenvalue weighted by Gasteiger charge is 2.30. The Morgan fingerprint density at radius 2 is 2.29 bits per heavy atom. The highest BCUT2D eigenvalue weighted by molar-refractivity contribution is 6.33. The van der Waals surface area contributed by atoms with E-state index in [4.69, 9.17) is 16.0 Å². The lowest BCUT2D eigenvalue weighted by Crippen LogP contribution is -2.41. The van der Waals surface area contributed by atoms with Gasteiger partial charge in [0.25, 0.3) is 5.91 Å². The maximum Gasteiger partial charge on any atom is 0.255 e. The van der Waals surface area contributed by atoms with E-state index < -0.39 is 6.10 Å². The molecule has 1 aliphatic heterocycles. The van der Waals surface area contributed by atoms with Crippen molar-refractivity contribution in [1.29, 1.82) is 0 Å². The monoisotopic (exact) mass is 348 g/mol. The highest BCUT2D eigenvalue weighted by atomic mass is 35.5. The Kier molecular flexibility index (Phi) is 5.53. The number of hydrogen-bond acceptors (Lipinski definition) is 4. The normalized spacial score (nSPS) is 19.8. The van der Waals surface area contributed by atoms with Gasteiger partial charge in [0.1, 0.15) is 11.9 Å². The van der Waals surface area contributed by atoms with E-state index in [-0.39, 0.29) is 11.9 Å². The van der Waals surface area contributed by atoms with E-state index in [1.54, 1.807) is 30.7 Å². The first-order valence-electron chi connectivity index (χ1n) is 8.29. The van der Waals surface area contributed by atoms with Crippen molar-refractivity contribution in [2.45, 2.75) is 44.2 Å². The van der Waals surface area contributed by atoms with E-state index >= 15 is 0 Å². The van der Waals surface area contributed by atoms with Crippen molar-refractivity contribution in [1.82, 2.24) is 9.88 Å². The minimum Gasteiger partial charge on any atom is -0.467 e. The van der Waals surface area contributed by atoms with Gasteiger partial charge in [-0.05, 0) is 31.0 Å². The molecule has 0 aliphatic carbocycles. The minimum atomic E-state index is -0.716. The zero-order valence-electron chi connectivity index (χ0n) is 13.4. The molecule has 128 valence electrons. The number of nitrogens with zero attached hydrogens (tertiary/aromatic N) is 2. The number of pyridine rings is 1. The van der Waals surface area contributed by atoms with Crippen LogP contribution in [0.2, 0.25) is 5.02 Å². The van der Waals surface area contributed by atoms with E-state index in [1.807, 2.05) is 4.90 Å². The van der Waals surface area contributed by atoms with Crippen LogP contribution in [0, 0.1) is 0 Å². The predicted molar refractivity (Wildman–Crippen MR) is 90.8 cm³/mol. The molecule has 24 heavy (non-hydrogen) atoms. The topological polar surface area (TPSA) is 66.6 Å². The van der Waals surface area contributed by atoms with Crippen LogP contribution in [0.5, 0.6) is 0 Å². The number of hydrogen-bond donors (Lipinski definition) is 1. The Bertz CT molecular complexity index is 675. The molecule has 1 saturated heterocycles. The van der Waals surface area contributed by atoms with Crippen LogP contribution in [0.1, 0.15) is 54.3 Å². The molecule has 1 fully saturated rings. The summed E-state index contributed by atoms with van der Waals surface area (Å²) in [6.45, 7) is 0.674. The van der Waals surface area contributed by atoms with Crippen LogP contribution >= 0.6 is 11.6 Å². The fraction of sp³-hybridized carbons (Fsp3) is 0.444. The third kappa shape index (κ3) is 3.79. The Morgan fingerprint density at radius 1 is 1.42 bits per heavy atom. The molecule has 0 aromatic carbocycles. The third-order valence-electron chi connectivity index (χ3n) is 4.51. The Hall–Kier alpha value is -1.85. The zero-order chi connectivity index (χ0) is 16.9. The molecular weight excluding hydrogens is 328 g/mol. The van der Waals surface area contributed by atoms with E-state index in [2.05, 4.69) is 4.98 Å². The van der Waals surface area contributed by atoms with Gasteiger partial charge in [-0.2, -0.15) is 0 Å². The van der Waals surface area contributed by atoms with Gasteiger partial charge in [-0.25, -0.2) is 0 Å². The molecule has 0 bridgehead atoms. The van der Waals surface area contributed by atoms with Crippen molar-refractivity contribution < 1.29 is 14.3 Å². The van der Waals surface area contributed by atoms with E-state index in [9.17, 15) is 9.90 Å². The second kappa shape index (κ2) is 7.81. The van der Waals surface area contributed by atoms with E-state index in [0.29, 0.717) is 29.3 Å². The van der Waals surface area contributed by atoms with Gasteiger partial charge in [0, 0.05) is 31.4 Å². The summed E-state index contributed by atoms with van der Waals surface area (Å²) in [5.41, 5.74) is 0.464. The molecule has 6 heteroatoms. The van der Waals surface area contributed by atoms with Gasteiger partial charge in [-0.1, -0.05) is 24.4 Å². The smallest absolute Gasteiger partial charge is 0.255 e. The van der Waals surface area contributed by atoms with Gasteiger partial charge in [-0.15, -0.1) is 0 Å². The second-order valence-electron chi connectivity index (χ2n) is 6.12. The van der Waals surface area contributed by atoms with Gasteiger partial charge in [-0.3, -0.25) is 9.78 Å². The SMILES string of the molecule is O=C(c1ccncc1Cl)N1CCCCCC1CC(O)c1ccco1. The molecule has 2 atom stereocenters. The number of aliphatic hydroxyl groups excluding tert-OH is 1. The molecule has 1 amide bonds. The van der Waals surface area contributed by atoms with Gasteiger partial charge in [0.05, 0.1) is 16.8 Å². The van der Waals surface area contributed by atoms with Crippen molar-refractivity contribution in [3.63, 3.8) is 0 Å². The lowest BCUT2D eigenvalue weighted by molar-refractivity contribution is 0.0557. The maximum absolute atomic E-state index is 13.0. The largest absolute Gasteiger partial charge is 0.467 e. The average molecular weight is 349 g/mol. The standard InChI is InChI=1S/C18H21ClN2O3/c19-15-12-20-8-7-14(15)18(23)21-9-3-1-2-5-13(21)11-16(22)17-6-4-10-24-17/h4,6-8,10,12-13,16,22H,1-3,5,9,11H2. The van der Waals surface area contributed by atoms with Crippen molar-refractivity contribution in [2.75, 3.05) is 6.54 Å². The van der Waals surface area contributed by atoms with Crippen LogP contribution < -0.4 is 0 Å². The van der Waals surface area contributed by atoms with Crippen LogP contribution in [0.25, 0.3) is 0 Å². The molecule has 3 rings (SSSR count). The molecule has 2 aromatic heterocycles. The quantitative estimate of drug-likeness (QED) is 0.911. The van der Waals surface area contributed by atoms with Gasteiger partial charge >= 0.3 is 0 Å². The van der Waals surface area contributed by atoms with Crippen LogP contribution in [0.15, 0.2) is 41.3 Å². The maximum atomic E-state index is 13.0. The van der Waals surface area contributed by atoms with E-state index in [1.165, 1.54) is 6.20 Å². The Labute approximate surface area is 146 Å². The summed E-state index contributed by atoms with van der Waals surface area (Å²) in [7, 11) is 0. The van der Waals surface area contributed by atoms with Gasteiger partial charge in [0.15, 0.2) is 0 Å². The summed E-state index contributed by atoms with van der Waals surface area (Å²) in [5, 5.41) is 10.8. The van der Waals surface area contributed by atoms with Crippen molar-refractivity contribution in [2.24, 2.45) is 0 Å². The molecule has 1 N–H and O–H groups in total. The van der Waals surface area contributed by atoms with Crippen molar-refractivity contribution in [3.05, 3.63) is 53.2 Å². The van der Waals surface area contributed by atoms with Crippen LogP contribution in [-0.4, -0.2) is 33.5 Å². The summed E-state index contributed by atoms with van der Waals surface area (Å²) in [6, 6.07) is 5.12. The minimum absolute atomic E-state index is 0.0377. The van der Waals surface area contributed by atoms with Gasteiger partial charge < -0.3 is 14.4 Å². The lowest BCUT2D eigenvalue weighted by atomic mass is 10.0. The predicted octanol–water partition coefficient (Wildman–Crippen LogP) is 3.84. The number of aromatic nitrogens is 1. The van der Waals surface area contributed by atoms with Gasteiger partial charge in [0.2, 0.25) is 0 Å². The van der Waals surface area contributed by atoms with Crippen molar-refractivity contribution in [3.8, 4) is 0 Å². The summed E-state index contributed by atoms with van der Waals surface area (Å²) < 4.78 is 5.28. The summed E-state index contributed by atoms with van der Waals surface area (Å²) in [4.78, 5) is 18.7. The molecule has 0 radical (unpaired) electrons. The highest BCUT2D eigenvalue weighted by Crippen LogP contribution is 2.28. The Balaban J connectivity index is 1.80. The second-order valence-corrected chi connectivity index (χ2v) is 6.53. The molecule has 2 unspecified atom stereocenters.